The number of nitrogens with one attached hydrogen (secondary N) is 1. The van der Waals surface area contributed by atoms with E-state index in [0.717, 1.165) is 11.1 Å². The Morgan fingerprint density at radius 2 is 1.52 bits per heavy atom. The molecule has 0 fully saturated rings. The van der Waals surface area contributed by atoms with E-state index in [4.69, 9.17) is 4.74 Å². The summed E-state index contributed by atoms with van der Waals surface area (Å²) < 4.78 is 32.0. The molecule has 1 atom stereocenters. The third kappa shape index (κ3) is 5.06. The van der Waals surface area contributed by atoms with Crippen LogP contribution < -0.4 is 14.4 Å². The molecular formula is C24H26N2O4S. The van der Waals surface area contributed by atoms with E-state index in [1.54, 1.807) is 36.4 Å². The first-order chi connectivity index (χ1) is 14.7. The van der Waals surface area contributed by atoms with Gasteiger partial charge in [0, 0.05) is 12.6 Å². The van der Waals surface area contributed by atoms with Crippen molar-refractivity contribution in [2.45, 2.75) is 24.8 Å². The van der Waals surface area contributed by atoms with E-state index in [0.29, 0.717) is 17.0 Å². The summed E-state index contributed by atoms with van der Waals surface area (Å²) in [5.41, 5.74) is 3.09. The number of amides is 1. The van der Waals surface area contributed by atoms with Crippen molar-refractivity contribution < 1.29 is 17.9 Å². The first-order valence-corrected chi connectivity index (χ1v) is 11.3. The maximum atomic E-state index is 12.9. The molecule has 0 radical (unpaired) electrons. The van der Waals surface area contributed by atoms with Crippen LogP contribution in [0.3, 0.4) is 0 Å². The minimum absolute atomic E-state index is 0.147. The number of carbonyl (C=O) groups excluding carboxylic acids is 1. The van der Waals surface area contributed by atoms with Crippen molar-refractivity contribution in [3.8, 4) is 5.75 Å². The lowest BCUT2D eigenvalue weighted by atomic mass is 10.1. The molecule has 0 bridgehead atoms. The third-order valence-electron chi connectivity index (χ3n) is 5.14. The first kappa shape index (κ1) is 22.4. The highest BCUT2D eigenvalue weighted by Gasteiger charge is 2.21. The molecule has 0 saturated carbocycles. The summed E-state index contributed by atoms with van der Waals surface area (Å²) in [6.07, 6.45) is 0. The van der Waals surface area contributed by atoms with Crippen molar-refractivity contribution >= 4 is 21.6 Å². The number of carbonyl (C=O) groups is 1. The van der Waals surface area contributed by atoms with Gasteiger partial charge in [0.15, 0.2) is 0 Å². The molecule has 0 aliphatic rings. The van der Waals surface area contributed by atoms with Crippen LogP contribution in [0.15, 0.2) is 77.7 Å². The summed E-state index contributed by atoms with van der Waals surface area (Å²) in [6, 6.07) is 20.5. The number of benzene rings is 3. The molecule has 0 aliphatic heterocycles. The largest absolute Gasteiger partial charge is 0.497 e. The van der Waals surface area contributed by atoms with Crippen LogP contribution in [0.5, 0.6) is 5.75 Å². The van der Waals surface area contributed by atoms with Gasteiger partial charge >= 0.3 is 0 Å². The molecule has 162 valence electrons. The second-order valence-corrected chi connectivity index (χ2v) is 9.27. The second-order valence-electron chi connectivity index (χ2n) is 7.30. The molecule has 0 saturated heterocycles. The summed E-state index contributed by atoms with van der Waals surface area (Å²) in [5, 5.41) is 2.96. The smallest absolute Gasteiger partial charge is 0.264 e. The fourth-order valence-electron chi connectivity index (χ4n) is 3.09. The van der Waals surface area contributed by atoms with Gasteiger partial charge in [0.25, 0.3) is 15.9 Å². The summed E-state index contributed by atoms with van der Waals surface area (Å²) in [5.74, 6) is 0.358. The van der Waals surface area contributed by atoms with Crippen molar-refractivity contribution in [1.82, 2.24) is 5.32 Å². The van der Waals surface area contributed by atoms with E-state index in [1.165, 1.54) is 30.6 Å². The number of anilines is 1. The molecular weight excluding hydrogens is 412 g/mol. The Labute approximate surface area is 183 Å². The summed E-state index contributed by atoms with van der Waals surface area (Å²) in [4.78, 5) is 12.8. The third-order valence-corrected chi connectivity index (χ3v) is 6.94. The topological polar surface area (TPSA) is 75.7 Å². The van der Waals surface area contributed by atoms with Gasteiger partial charge in [0.05, 0.1) is 23.7 Å². The van der Waals surface area contributed by atoms with E-state index in [9.17, 15) is 13.2 Å². The van der Waals surface area contributed by atoms with Gasteiger partial charge in [-0.3, -0.25) is 9.10 Å². The van der Waals surface area contributed by atoms with E-state index in [-0.39, 0.29) is 16.8 Å². The molecule has 3 aromatic rings. The number of methoxy groups -OCH3 is 1. The van der Waals surface area contributed by atoms with Crippen molar-refractivity contribution in [3.63, 3.8) is 0 Å². The van der Waals surface area contributed by atoms with Crippen molar-refractivity contribution in [3.05, 3.63) is 89.5 Å². The Morgan fingerprint density at radius 1 is 0.935 bits per heavy atom. The van der Waals surface area contributed by atoms with Crippen LogP contribution in [0, 0.1) is 6.92 Å². The van der Waals surface area contributed by atoms with E-state index >= 15 is 0 Å². The van der Waals surface area contributed by atoms with Gasteiger partial charge in [0.1, 0.15) is 5.75 Å². The SMILES string of the molecule is COc1ccc(S(=O)(=O)N(C)c2ccc(C(=O)N[C@H](C)c3ccc(C)cc3)cc2)cc1. The Bertz CT molecular complexity index is 1140. The zero-order chi connectivity index (χ0) is 22.6. The molecule has 0 unspecified atom stereocenters. The Hall–Kier alpha value is -3.32. The van der Waals surface area contributed by atoms with Crippen LogP contribution in [-0.2, 0) is 10.0 Å². The molecule has 1 N–H and O–H groups in total. The quantitative estimate of drug-likeness (QED) is 0.596. The average Bonchev–Trinajstić information content (AvgIpc) is 2.79. The minimum Gasteiger partial charge on any atom is -0.497 e. The van der Waals surface area contributed by atoms with E-state index in [1.807, 2.05) is 38.1 Å². The van der Waals surface area contributed by atoms with Crippen LogP contribution in [0.25, 0.3) is 0 Å². The van der Waals surface area contributed by atoms with Crippen molar-refractivity contribution in [2.75, 3.05) is 18.5 Å². The van der Waals surface area contributed by atoms with Gasteiger partial charge in [-0.25, -0.2) is 8.42 Å². The number of hydrogen-bond donors (Lipinski definition) is 1. The maximum absolute atomic E-state index is 12.9. The number of hydrogen-bond acceptors (Lipinski definition) is 4. The second kappa shape index (κ2) is 9.22. The van der Waals surface area contributed by atoms with Crippen molar-refractivity contribution in [2.24, 2.45) is 0 Å². The number of rotatable bonds is 7. The summed E-state index contributed by atoms with van der Waals surface area (Å²) in [7, 11) is -0.729. The first-order valence-electron chi connectivity index (χ1n) is 9.83. The Balaban J connectivity index is 1.72. The average molecular weight is 439 g/mol. The number of ether oxygens (including phenoxy) is 1. The minimum atomic E-state index is -3.73. The van der Waals surface area contributed by atoms with E-state index < -0.39 is 10.0 Å². The van der Waals surface area contributed by atoms with Gasteiger partial charge in [-0.1, -0.05) is 29.8 Å². The van der Waals surface area contributed by atoms with Crippen LogP contribution in [-0.4, -0.2) is 28.5 Å². The fourth-order valence-corrected chi connectivity index (χ4v) is 4.28. The van der Waals surface area contributed by atoms with Gasteiger partial charge in [-0.05, 0) is 67.9 Å². The molecule has 7 heteroatoms. The number of sulfonamides is 1. The standard InChI is InChI=1S/C24H26N2O4S/c1-17-5-7-19(8-6-17)18(2)25-24(27)20-9-11-21(12-10-20)26(3)31(28,29)23-15-13-22(30-4)14-16-23/h5-16,18H,1-4H3,(H,25,27)/t18-/m1/s1. The Kier molecular flexibility index (Phi) is 6.65. The number of aryl methyl sites for hydroxylation is 1. The number of nitrogens with zero attached hydrogens (tertiary/aromatic N) is 1. The highest BCUT2D eigenvalue weighted by atomic mass is 32.2. The van der Waals surface area contributed by atoms with Crippen LogP contribution in [0.4, 0.5) is 5.69 Å². The van der Waals surface area contributed by atoms with Crippen LogP contribution in [0.2, 0.25) is 0 Å². The Morgan fingerprint density at radius 3 is 2.06 bits per heavy atom. The molecule has 0 aromatic heterocycles. The summed E-state index contributed by atoms with van der Waals surface area (Å²) >= 11 is 0. The van der Waals surface area contributed by atoms with Gasteiger partial charge in [0.2, 0.25) is 0 Å². The highest BCUT2D eigenvalue weighted by molar-refractivity contribution is 7.92. The van der Waals surface area contributed by atoms with Crippen LogP contribution in [0.1, 0.15) is 34.5 Å². The molecule has 3 rings (SSSR count). The lowest BCUT2D eigenvalue weighted by molar-refractivity contribution is 0.0940. The molecule has 6 nitrogen and oxygen atoms in total. The molecule has 0 spiro atoms. The lowest BCUT2D eigenvalue weighted by Gasteiger charge is -2.20. The zero-order valence-corrected chi connectivity index (χ0v) is 18.8. The molecule has 3 aromatic carbocycles. The molecule has 0 aliphatic carbocycles. The molecule has 1 amide bonds. The fraction of sp³-hybridized carbons (Fsp3) is 0.208. The maximum Gasteiger partial charge on any atom is 0.264 e. The van der Waals surface area contributed by atoms with Crippen LogP contribution >= 0.6 is 0 Å². The van der Waals surface area contributed by atoms with Crippen molar-refractivity contribution in [1.29, 1.82) is 0 Å². The highest BCUT2D eigenvalue weighted by Crippen LogP contribution is 2.24. The monoisotopic (exact) mass is 438 g/mol. The normalized spacial score (nSPS) is 12.1. The molecule has 0 heterocycles. The van der Waals surface area contributed by atoms with Gasteiger partial charge in [-0.15, -0.1) is 0 Å². The van der Waals surface area contributed by atoms with E-state index in [2.05, 4.69) is 5.32 Å². The van der Waals surface area contributed by atoms with Gasteiger partial charge in [-0.2, -0.15) is 0 Å². The predicted molar refractivity (Wildman–Crippen MR) is 122 cm³/mol. The zero-order valence-electron chi connectivity index (χ0n) is 18.0. The molecule has 31 heavy (non-hydrogen) atoms. The summed E-state index contributed by atoms with van der Waals surface area (Å²) in [6.45, 7) is 3.94. The predicted octanol–water partition coefficient (Wildman–Crippen LogP) is 4.32. The lowest BCUT2D eigenvalue weighted by Crippen LogP contribution is -2.28. The van der Waals surface area contributed by atoms with Gasteiger partial charge < -0.3 is 10.1 Å².